The van der Waals surface area contributed by atoms with Gasteiger partial charge in [-0.3, -0.25) is 0 Å². The molecule has 2 aromatic rings. The Morgan fingerprint density at radius 2 is 1.50 bits per heavy atom. The first-order valence-corrected chi connectivity index (χ1v) is 6.67. The van der Waals surface area contributed by atoms with Crippen LogP contribution in [0.25, 0.3) is 0 Å². The Kier molecular flexibility index (Phi) is 3.93. The summed E-state index contributed by atoms with van der Waals surface area (Å²) < 4.78 is 40.9. The van der Waals surface area contributed by atoms with Crippen molar-refractivity contribution in [3.05, 3.63) is 69.7 Å². The van der Waals surface area contributed by atoms with Gasteiger partial charge in [-0.2, -0.15) is 13.2 Å². The largest absolute Gasteiger partial charge is 0.425 e. The number of hydrogen-bond acceptors (Lipinski definition) is 1. The fourth-order valence-corrected chi connectivity index (χ4v) is 2.48. The van der Waals surface area contributed by atoms with Gasteiger partial charge in [-0.05, 0) is 30.2 Å². The molecule has 0 aliphatic heterocycles. The fourth-order valence-electron chi connectivity index (χ4n) is 2.08. The van der Waals surface area contributed by atoms with Gasteiger partial charge in [0.15, 0.2) is 0 Å². The molecule has 2 aromatic carbocycles. The van der Waals surface area contributed by atoms with E-state index in [4.69, 9.17) is 0 Å². The van der Waals surface area contributed by atoms with Crippen molar-refractivity contribution in [1.29, 1.82) is 0 Å². The minimum Gasteiger partial charge on any atom is -0.372 e. The van der Waals surface area contributed by atoms with Crippen LogP contribution < -0.4 is 0 Å². The van der Waals surface area contributed by atoms with Crippen LogP contribution in [-0.2, 0) is 5.60 Å². The van der Waals surface area contributed by atoms with Crippen molar-refractivity contribution < 1.29 is 18.3 Å². The molecule has 0 saturated heterocycles. The van der Waals surface area contributed by atoms with Crippen LogP contribution in [-0.4, -0.2) is 11.3 Å². The van der Waals surface area contributed by atoms with Crippen LogP contribution in [0.15, 0.2) is 53.0 Å². The molecular formula is C15H12BrF3O. The third-order valence-electron chi connectivity index (χ3n) is 3.09. The quantitative estimate of drug-likeness (QED) is 0.846. The van der Waals surface area contributed by atoms with Gasteiger partial charge in [-0.25, -0.2) is 0 Å². The molecule has 20 heavy (non-hydrogen) atoms. The van der Waals surface area contributed by atoms with Crippen LogP contribution in [0.3, 0.4) is 0 Å². The van der Waals surface area contributed by atoms with E-state index in [1.807, 2.05) is 0 Å². The average molecular weight is 345 g/mol. The lowest BCUT2D eigenvalue weighted by atomic mass is 9.85. The molecule has 1 N–H and O–H groups in total. The molecule has 0 fully saturated rings. The van der Waals surface area contributed by atoms with Gasteiger partial charge < -0.3 is 5.11 Å². The van der Waals surface area contributed by atoms with E-state index in [0.29, 0.717) is 10.0 Å². The topological polar surface area (TPSA) is 20.2 Å². The van der Waals surface area contributed by atoms with Crippen LogP contribution >= 0.6 is 15.9 Å². The third-order valence-corrected chi connectivity index (χ3v) is 3.58. The highest BCUT2D eigenvalue weighted by Crippen LogP contribution is 2.44. The van der Waals surface area contributed by atoms with Gasteiger partial charge in [0.05, 0.1) is 0 Å². The van der Waals surface area contributed by atoms with Crippen LogP contribution in [0.1, 0.15) is 16.7 Å². The Bertz CT molecular complexity index is 577. The van der Waals surface area contributed by atoms with E-state index in [-0.39, 0.29) is 11.1 Å². The van der Waals surface area contributed by atoms with Gasteiger partial charge >= 0.3 is 6.18 Å². The summed E-state index contributed by atoms with van der Waals surface area (Å²) in [4.78, 5) is 0. The van der Waals surface area contributed by atoms with Gasteiger partial charge in [0.25, 0.3) is 0 Å². The maximum Gasteiger partial charge on any atom is 0.425 e. The SMILES string of the molecule is Cc1cccc(C(O)(c2cccc(Br)c2)C(F)(F)F)c1. The summed E-state index contributed by atoms with van der Waals surface area (Å²) in [6.45, 7) is 1.68. The molecule has 0 aromatic heterocycles. The summed E-state index contributed by atoms with van der Waals surface area (Å²) in [5.41, 5.74) is -2.78. The number of aliphatic hydroxyl groups is 1. The minimum absolute atomic E-state index is 0.192. The van der Waals surface area contributed by atoms with E-state index in [1.54, 1.807) is 19.1 Å². The Morgan fingerprint density at radius 3 is 2.00 bits per heavy atom. The Labute approximate surface area is 123 Å². The zero-order valence-electron chi connectivity index (χ0n) is 10.6. The van der Waals surface area contributed by atoms with E-state index in [0.717, 1.165) is 0 Å². The van der Waals surface area contributed by atoms with Crippen LogP contribution in [0.4, 0.5) is 13.2 Å². The molecule has 0 aliphatic carbocycles. The van der Waals surface area contributed by atoms with Crippen molar-refractivity contribution in [3.8, 4) is 0 Å². The van der Waals surface area contributed by atoms with Gasteiger partial charge in [0, 0.05) is 4.47 Å². The van der Waals surface area contributed by atoms with E-state index < -0.39 is 11.8 Å². The van der Waals surface area contributed by atoms with Crippen molar-refractivity contribution in [2.75, 3.05) is 0 Å². The van der Waals surface area contributed by atoms with Crippen LogP contribution in [0.2, 0.25) is 0 Å². The molecule has 1 unspecified atom stereocenters. The van der Waals surface area contributed by atoms with Crippen molar-refractivity contribution in [1.82, 2.24) is 0 Å². The lowest BCUT2D eigenvalue weighted by molar-refractivity contribution is -0.248. The molecule has 0 radical (unpaired) electrons. The lowest BCUT2D eigenvalue weighted by Gasteiger charge is -2.31. The molecule has 106 valence electrons. The molecule has 0 bridgehead atoms. The second-order valence-electron chi connectivity index (χ2n) is 4.59. The molecule has 0 amide bonds. The van der Waals surface area contributed by atoms with Crippen molar-refractivity contribution >= 4 is 15.9 Å². The number of aryl methyl sites for hydroxylation is 1. The van der Waals surface area contributed by atoms with Gasteiger partial charge in [-0.15, -0.1) is 0 Å². The number of alkyl halides is 3. The zero-order chi connectivity index (χ0) is 15.0. The van der Waals surface area contributed by atoms with E-state index >= 15 is 0 Å². The molecule has 0 saturated carbocycles. The monoisotopic (exact) mass is 344 g/mol. The second kappa shape index (κ2) is 5.22. The van der Waals surface area contributed by atoms with E-state index in [2.05, 4.69) is 15.9 Å². The van der Waals surface area contributed by atoms with E-state index in [9.17, 15) is 18.3 Å². The van der Waals surface area contributed by atoms with Crippen molar-refractivity contribution in [2.24, 2.45) is 0 Å². The van der Waals surface area contributed by atoms with Gasteiger partial charge in [-0.1, -0.05) is 57.9 Å². The van der Waals surface area contributed by atoms with Crippen molar-refractivity contribution in [3.63, 3.8) is 0 Å². The van der Waals surface area contributed by atoms with Gasteiger partial charge in [0.2, 0.25) is 5.60 Å². The maximum absolute atomic E-state index is 13.5. The fraction of sp³-hybridized carbons (Fsp3) is 0.200. The first kappa shape index (κ1) is 15.1. The highest BCUT2D eigenvalue weighted by molar-refractivity contribution is 9.10. The number of benzene rings is 2. The predicted molar refractivity (Wildman–Crippen MR) is 74.4 cm³/mol. The summed E-state index contributed by atoms with van der Waals surface area (Å²) in [5.74, 6) is 0. The molecular weight excluding hydrogens is 333 g/mol. The van der Waals surface area contributed by atoms with Crippen LogP contribution in [0.5, 0.6) is 0 Å². The van der Waals surface area contributed by atoms with Gasteiger partial charge in [0.1, 0.15) is 0 Å². The normalized spacial score (nSPS) is 14.9. The summed E-state index contributed by atoms with van der Waals surface area (Å²) in [6, 6.07) is 11.4. The Hall–Kier alpha value is -1.33. The Balaban J connectivity index is 2.69. The highest BCUT2D eigenvalue weighted by Gasteiger charge is 2.56. The van der Waals surface area contributed by atoms with E-state index in [1.165, 1.54) is 36.4 Å². The molecule has 0 heterocycles. The smallest absolute Gasteiger partial charge is 0.372 e. The first-order valence-electron chi connectivity index (χ1n) is 5.87. The molecule has 0 spiro atoms. The first-order chi connectivity index (χ1) is 9.25. The van der Waals surface area contributed by atoms with Crippen LogP contribution in [0, 0.1) is 6.92 Å². The summed E-state index contributed by atoms with van der Waals surface area (Å²) in [5, 5.41) is 10.4. The highest BCUT2D eigenvalue weighted by atomic mass is 79.9. The minimum atomic E-state index is -4.82. The maximum atomic E-state index is 13.5. The predicted octanol–water partition coefficient (Wildman–Crippen LogP) is 4.56. The summed E-state index contributed by atoms with van der Waals surface area (Å²) in [7, 11) is 0. The summed E-state index contributed by atoms with van der Waals surface area (Å²) >= 11 is 3.13. The van der Waals surface area contributed by atoms with Crippen molar-refractivity contribution in [2.45, 2.75) is 18.7 Å². The molecule has 1 atom stereocenters. The number of halogens is 4. The lowest BCUT2D eigenvalue weighted by Crippen LogP contribution is -2.43. The average Bonchev–Trinajstić information content (AvgIpc) is 2.36. The molecule has 2 rings (SSSR count). The Morgan fingerprint density at radius 1 is 0.950 bits per heavy atom. The zero-order valence-corrected chi connectivity index (χ0v) is 12.2. The third kappa shape index (κ3) is 2.60. The molecule has 1 nitrogen and oxygen atoms in total. The number of rotatable bonds is 2. The standard InChI is InChI=1S/C15H12BrF3O/c1-10-4-2-5-11(8-10)14(20,15(17,18)19)12-6-3-7-13(16)9-12/h2-9,20H,1H3. The molecule has 5 heteroatoms. The number of hydrogen-bond donors (Lipinski definition) is 1. The molecule has 0 aliphatic rings. The summed E-state index contributed by atoms with van der Waals surface area (Å²) in [6.07, 6.45) is -4.82. The second-order valence-corrected chi connectivity index (χ2v) is 5.50.